The molecule has 0 fully saturated rings. The fourth-order valence-electron chi connectivity index (χ4n) is 1.70. The topological polar surface area (TPSA) is 54.9 Å². The molecular weight excluding hydrogens is 214 g/mol. The summed E-state index contributed by atoms with van der Waals surface area (Å²) in [5, 5.41) is 2.60. The molecule has 0 bridgehead atoms. The van der Waals surface area contributed by atoms with Gasteiger partial charge in [-0.3, -0.25) is 4.79 Å². The lowest BCUT2D eigenvalue weighted by Gasteiger charge is -2.10. The second-order valence-corrected chi connectivity index (χ2v) is 3.72. The van der Waals surface area contributed by atoms with E-state index >= 15 is 0 Å². The third-order valence-corrected chi connectivity index (χ3v) is 2.50. The first-order valence-electron chi connectivity index (χ1n) is 5.33. The normalized spacial score (nSPS) is 10.0. The molecule has 2 rings (SSSR count). The second kappa shape index (κ2) is 4.74. The average Bonchev–Trinajstić information content (AvgIpc) is 2.35. The fraction of sp³-hybridized carbons (Fsp3) is 0.154. The summed E-state index contributed by atoms with van der Waals surface area (Å²) in [7, 11) is 0. The third-order valence-electron chi connectivity index (χ3n) is 2.50. The van der Waals surface area contributed by atoms with E-state index in [1.807, 2.05) is 44.2 Å². The molecule has 0 saturated heterocycles. The predicted octanol–water partition coefficient (Wildman–Crippen LogP) is 2.33. The van der Waals surface area contributed by atoms with Crippen LogP contribution in [0.2, 0.25) is 0 Å². The van der Waals surface area contributed by atoms with E-state index in [2.05, 4.69) is 15.3 Å². The van der Waals surface area contributed by atoms with Crippen LogP contribution in [-0.2, 0) is 4.79 Å². The Kier molecular flexibility index (Phi) is 3.14. The molecular formula is C13H13N3O. The first kappa shape index (κ1) is 11.3. The van der Waals surface area contributed by atoms with Crippen LogP contribution in [0.4, 0.5) is 5.82 Å². The quantitative estimate of drug-likeness (QED) is 0.819. The van der Waals surface area contributed by atoms with Gasteiger partial charge in [0.2, 0.25) is 6.41 Å². The van der Waals surface area contributed by atoms with Gasteiger partial charge in [-0.15, -0.1) is 0 Å². The smallest absolute Gasteiger partial charge is 0.212 e. The van der Waals surface area contributed by atoms with Crippen molar-refractivity contribution in [2.75, 3.05) is 5.32 Å². The molecule has 1 aromatic carbocycles. The molecule has 86 valence electrons. The monoisotopic (exact) mass is 227 g/mol. The summed E-state index contributed by atoms with van der Waals surface area (Å²) in [6, 6.07) is 9.84. The maximum absolute atomic E-state index is 10.5. The van der Waals surface area contributed by atoms with Crippen LogP contribution >= 0.6 is 0 Å². The summed E-state index contributed by atoms with van der Waals surface area (Å²) in [5.74, 6) is 1.20. The van der Waals surface area contributed by atoms with E-state index in [0.29, 0.717) is 18.1 Å². The lowest BCUT2D eigenvalue weighted by atomic mass is 10.1. The summed E-state index contributed by atoms with van der Waals surface area (Å²) >= 11 is 0. The van der Waals surface area contributed by atoms with Crippen LogP contribution in [0.15, 0.2) is 30.3 Å². The van der Waals surface area contributed by atoms with Crippen LogP contribution in [0.25, 0.3) is 11.3 Å². The number of aryl methyl sites for hydroxylation is 1. The Morgan fingerprint density at radius 2 is 1.82 bits per heavy atom. The average molecular weight is 227 g/mol. The molecule has 2 aromatic rings. The summed E-state index contributed by atoms with van der Waals surface area (Å²) in [6.07, 6.45) is 0.629. The van der Waals surface area contributed by atoms with Crippen LogP contribution in [0.5, 0.6) is 0 Å². The van der Waals surface area contributed by atoms with Gasteiger partial charge in [0.1, 0.15) is 11.6 Å². The van der Waals surface area contributed by atoms with Gasteiger partial charge in [0.25, 0.3) is 0 Å². The van der Waals surface area contributed by atoms with E-state index in [-0.39, 0.29) is 0 Å². The molecule has 4 nitrogen and oxygen atoms in total. The van der Waals surface area contributed by atoms with E-state index in [1.165, 1.54) is 0 Å². The van der Waals surface area contributed by atoms with Gasteiger partial charge in [-0.2, -0.15) is 0 Å². The molecule has 1 aromatic heterocycles. The summed E-state index contributed by atoms with van der Waals surface area (Å²) in [6.45, 7) is 3.70. The number of aromatic nitrogens is 2. The van der Waals surface area contributed by atoms with Crippen LogP contribution in [0.1, 0.15) is 11.4 Å². The van der Waals surface area contributed by atoms with Crippen LogP contribution in [0, 0.1) is 13.8 Å². The molecule has 0 aliphatic rings. The Bertz CT molecular complexity index is 538. The lowest BCUT2D eigenvalue weighted by molar-refractivity contribution is -0.105. The number of carbonyl (C=O) groups is 1. The van der Waals surface area contributed by atoms with E-state index in [4.69, 9.17) is 0 Å². The third kappa shape index (κ3) is 2.30. The van der Waals surface area contributed by atoms with Crippen molar-refractivity contribution in [3.63, 3.8) is 0 Å². The van der Waals surface area contributed by atoms with E-state index in [0.717, 1.165) is 16.8 Å². The van der Waals surface area contributed by atoms with Gasteiger partial charge in [-0.1, -0.05) is 30.3 Å². The molecule has 0 aliphatic heterocycles. The van der Waals surface area contributed by atoms with Gasteiger partial charge in [-0.25, -0.2) is 9.97 Å². The maximum Gasteiger partial charge on any atom is 0.212 e. The van der Waals surface area contributed by atoms with Gasteiger partial charge in [-0.05, 0) is 13.8 Å². The first-order chi connectivity index (χ1) is 8.22. The van der Waals surface area contributed by atoms with Crippen molar-refractivity contribution in [1.29, 1.82) is 0 Å². The number of anilines is 1. The highest BCUT2D eigenvalue weighted by atomic mass is 16.1. The molecule has 4 heteroatoms. The van der Waals surface area contributed by atoms with Gasteiger partial charge < -0.3 is 5.32 Å². The Labute approximate surface area is 99.7 Å². The molecule has 0 spiro atoms. The van der Waals surface area contributed by atoms with Gasteiger partial charge in [0.05, 0.1) is 5.69 Å². The number of nitrogens with one attached hydrogen (secondary N) is 1. The number of hydrogen-bond donors (Lipinski definition) is 1. The predicted molar refractivity (Wildman–Crippen MR) is 66.6 cm³/mol. The van der Waals surface area contributed by atoms with Gasteiger partial charge >= 0.3 is 0 Å². The zero-order valence-electron chi connectivity index (χ0n) is 9.77. The molecule has 0 unspecified atom stereocenters. The Hall–Kier alpha value is -2.23. The summed E-state index contributed by atoms with van der Waals surface area (Å²) in [4.78, 5) is 19.1. The number of carbonyl (C=O) groups excluding carboxylic acids is 1. The fourth-order valence-corrected chi connectivity index (χ4v) is 1.70. The first-order valence-corrected chi connectivity index (χ1v) is 5.33. The molecule has 0 saturated carbocycles. The van der Waals surface area contributed by atoms with E-state index in [1.54, 1.807) is 0 Å². The minimum Gasteiger partial charge on any atom is -0.313 e. The highest BCUT2D eigenvalue weighted by Gasteiger charge is 2.10. The number of amides is 1. The van der Waals surface area contributed by atoms with E-state index in [9.17, 15) is 4.79 Å². The van der Waals surface area contributed by atoms with Crippen molar-refractivity contribution < 1.29 is 4.79 Å². The number of nitrogens with zero attached hydrogens (tertiary/aromatic N) is 2. The van der Waals surface area contributed by atoms with Crippen molar-refractivity contribution >= 4 is 12.2 Å². The van der Waals surface area contributed by atoms with Gasteiger partial charge in [0.15, 0.2) is 0 Å². The number of rotatable bonds is 3. The molecule has 1 N–H and O–H groups in total. The lowest BCUT2D eigenvalue weighted by Crippen LogP contribution is -2.04. The SMILES string of the molecule is Cc1nc(NC=O)c(C)c(-c2ccccc2)n1. The van der Waals surface area contributed by atoms with Crippen molar-refractivity contribution in [2.24, 2.45) is 0 Å². The Morgan fingerprint density at radius 1 is 1.12 bits per heavy atom. The summed E-state index contributed by atoms with van der Waals surface area (Å²) in [5.41, 5.74) is 2.74. The Balaban J connectivity index is 2.58. The number of benzene rings is 1. The standard InChI is InChI=1S/C13H13N3O/c1-9-12(11-6-4-3-5-7-11)15-10(2)16-13(9)14-8-17/h3-8H,1-2H3,(H,14,15,16,17). The van der Waals surface area contributed by atoms with Crippen molar-refractivity contribution in [3.05, 3.63) is 41.7 Å². The van der Waals surface area contributed by atoms with Crippen molar-refractivity contribution in [2.45, 2.75) is 13.8 Å². The highest BCUT2D eigenvalue weighted by Crippen LogP contribution is 2.24. The van der Waals surface area contributed by atoms with Crippen LogP contribution in [0.3, 0.4) is 0 Å². The molecule has 1 heterocycles. The van der Waals surface area contributed by atoms with Crippen LogP contribution in [-0.4, -0.2) is 16.4 Å². The maximum atomic E-state index is 10.5. The molecule has 0 atom stereocenters. The highest BCUT2D eigenvalue weighted by molar-refractivity contribution is 5.75. The molecule has 17 heavy (non-hydrogen) atoms. The number of hydrogen-bond acceptors (Lipinski definition) is 3. The Morgan fingerprint density at radius 3 is 2.47 bits per heavy atom. The minimum absolute atomic E-state index is 0.561. The van der Waals surface area contributed by atoms with Crippen LogP contribution < -0.4 is 5.32 Å². The minimum atomic E-state index is 0.561. The van der Waals surface area contributed by atoms with Gasteiger partial charge in [0, 0.05) is 11.1 Å². The zero-order chi connectivity index (χ0) is 12.3. The molecule has 1 amide bonds. The zero-order valence-corrected chi connectivity index (χ0v) is 9.77. The largest absolute Gasteiger partial charge is 0.313 e. The summed E-state index contributed by atoms with van der Waals surface area (Å²) < 4.78 is 0. The molecule has 0 radical (unpaired) electrons. The van der Waals surface area contributed by atoms with Crippen molar-refractivity contribution in [1.82, 2.24) is 9.97 Å². The van der Waals surface area contributed by atoms with E-state index < -0.39 is 0 Å². The van der Waals surface area contributed by atoms with Crippen molar-refractivity contribution in [3.8, 4) is 11.3 Å². The second-order valence-electron chi connectivity index (χ2n) is 3.72. The molecule has 0 aliphatic carbocycles.